The van der Waals surface area contributed by atoms with Gasteiger partial charge in [0.2, 0.25) is 0 Å². The number of H-pyrrole nitrogens is 1. The second-order valence-corrected chi connectivity index (χ2v) is 8.47. The number of ether oxygens (including phenoxy) is 1. The highest BCUT2D eigenvalue weighted by Gasteiger charge is 2.51. The predicted octanol–water partition coefficient (Wildman–Crippen LogP) is 3.20. The van der Waals surface area contributed by atoms with Crippen LogP contribution in [0.1, 0.15) is 24.2 Å². The van der Waals surface area contributed by atoms with Crippen LogP contribution in [0, 0.1) is 18.3 Å². The lowest BCUT2D eigenvalue weighted by atomic mass is 9.91. The number of imidazole rings is 1. The first-order valence-electron chi connectivity index (χ1n) is 10.8. The third-order valence-corrected chi connectivity index (χ3v) is 6.48. The first-order valence-corrected chi connectivity index (χ1v) is 10.8. The molecule has 3 aromatic rings. The molecule has 33 heavy (non-hydrogen) atoms. The number of hydrogen-bond donors (Lipinski definition) is 1. The predicted molar refractivity (Wildman–Crippen MR) is 116 cm³/mol. The minimum atomic E-state index is -2.92. The van der Waals surface area contributed by atoms with Crippen LogP contribution in [0.15, 0.2) is 18.5 Å². The molecule has 3 aromatic heterocycles. The molecule has 1 N–H and O–H groups in total. The number of fused-ring (bicyclic) bond motifs is 1. The quantitative estimate of drug-likeness (QED) is 0.651. The molecule has 1 aliphatic heterocycles. The number of nitriles is 1. The van der Waals surface area contributed by atoms with Crippen LogP contribution in [-0.4, -0.2) is 68.7 Å². The topological polar surface area (TPSA) is 103 Å². The Morgan fingerprint density at radius 1 is 1.33 bits per heavy atom. The Balaban J connectivity index is 1.37. The SMILES string of the molecule is Cc1nc(-c2[nH]c3nccc(N4CCN(C(=O)OC5CCC5(F)F)CC4)c3c2C#N)cn1C. The summed E-state index contributed by atoms with van der Waals surface area (Å²) < 4.78 is 33.8. The highest BCUT2D eigenvalue weighted by Crippen LogP contribution is 2.40. The standard InChI is InChI=1S/C22H23F2N7O2/c1-13-27-15(12-29(13)2)19-14(11-25)18-16(4-6-26-20(18)28-19)30-7-9-31(10-8-30)21(32)33-17-3-5-22(17,23)24/h4,6,12,17H,3,5,7-10H2,1-2H3,(H,26,28). The summed E-state index contributed by atoms with van der Waals surface area (Å²) in [6.07, 6.45) is 1.45. The summed E-state index contributed by atoms with van der Waals surface area (Å²) in [5.74, 6) is -2.10. The van der Waals surface area contributed by atoms with Gasteiger partial charge in [-0.3, -0.25) is 0 Å². The summed E-state index contributed by atoms with van der Waals surface area (Å²) in [7, 11) is 1.89. The molecule has 0 spiro atoms. The van der Waals surface area contributed by atoms with Gasteiger partial charge >= 0.3 is 6.09 Å². The number of piperazine rings is 1. The highest BCUT2D eigenvalue weighted by atomic mass is 19.3. The molecule has 1 atom stereocenters. The molecular formula is C22H23F2N7O2. The fourth-order valence-electron chi connectivity index (χ4n) is 4.30. The molecule has 172 valence electrons. The first kappa shape index (κ1) is 21.2. The number of pyridine rings is 1. The number of carbonyl (C=O) groups excluding carboxylic acids is 1. The molecule has 2 aliphatic rings. The molecule has 1 amide bonds. The van der Waals surface area contributed by atoms with Gasteiger partial charge in [0.25, 0.3) is 5.92 Å². The fourth-order valence-corrected chi connectivity index (χ4v) is 4.30. The van der Waals surface area contributed by atoms with E-state index in [9.17, 15) is 18.8 Å². The van der Waals surface area contributed by atoms with Gasteiger partial charge in [-0.15, -0.1) is 0 Å². The average molecular weight is 455 g/mol. The van der Waals surface area contributed by atoms with Crippen molar-refractivity contribution in [1.82, 2.24) is 24.4 Å². The van der Waals surface area contributed by atoms with Crippen LogP contribution in [0.25, 0.3) is 22.4 Å². The van der Waals surface area contributed by atoms with Crippen molar-refractivity contribution < 1.29 is 18.3 Å². The molecule has 5 rings (SSSR count). The second-order valence-electron chi connectivity index (χ2n) is 8.47. The van der Waals surface area contributed by atoms with Crippen molar-refractivity contribution in [3.63, 3.8) is 0 Å². The number of aromatic amines is 1. The Morgan fingerprint density at radius 2 is 2.09 bits per heavy atom. The summed E-state index contributed by atoms with van der Waals surface area (Å²) in [6, 6.07) is 4.13. The summed E-state index contributed by atoms with van der Waals surface area (Å²) in [6.45, 7) is 3.50. The molecule has 1 aliphatic carbocycles. The van der Waals surface area contributed by atoms with Crippen LogP contribution in [0.4, 0.5) is 19.3 Å². The van der Waals surface area contributed by atoms with Crippen LogP contribution in [0.3, 0.4) is 0 Å². The third kappa shape index (κ3) is 3.55. The van der Waals surface area contributed by atoms with E-state index >= 15 is 0 Å². The molecule has 1 saturated carbocycles. The van der Waals surface area contributed by atoms with E-state index in [1.54, 1.807) is 6.20 Å². The number of aryl methyl sites for hydroxylation is 2. The van der Waals surface area contributed by atoms with Crippen LogP contribution in [0.2, 0.25) is 0 Å². The van der Waals surface area contributed by atoms with E-state index in [1.807, 2.05) is 30.8 Å². The maximum atomic E-state index is 13.4. The normalized spacial score (nSPS) is 19.9. The van der Waals surface area contributed by atoms with Crippen molar-refractivity contribution in [2.75, 3.05) is 31.1 Å². The fraction of sp³-hybridized carbons (Fsp3) is 0.455. The largest absolute Gasteiger partial charge is 0.440 e. The molecule has 0 bridgehead atoms. The molecule has 9 nitrogen and oxygen atoms in total. The smallest absolute Gasteiger partial charge is 0.410 e. The van der Waals surface area contributed by atoms with Gasteiger partial charge in [-0.25, -0.2) is 23.5 Å². The van der Waals surface area contributed by atoms with E-state index < -0.39 is 18.1 Å². The van der Waals surface area contributed by atoms with Gasteiger partial charge in [0.05, 0.1) is 22.3 Å². The number of nitrogens with one attached hydrogen (secondary N) is 1. The van der Waals surface area contributed by atoms with E-state index in [4.69, 9.17) is 4.74 Å². The van der Waals surface area contributed by atoms with Crippen molar-refractivity contribution in [2.45, 2.75) is 31.8 Å². The van der Waals surface area contributed by atoms with Gasteiger partial charge in [0, 0.05) is 52.0 Å². The zero-order chi connectivity index (χ0) is 23.3. The van der Waals surface area contributed by atoms with Crippen molar-refractivity contribution in [3.8, 4) is 17.5 Å². The number of carbonyl (C=O) groups is 1. The molecule has 11 heteroatoms. The highest BCUT2D eigenvalue weighted by molar-refractivity contribution is 5.99. The van der Waals surface area contributed by atoms with Crippen molar-refractivity contribution >= 4 is 22.8 Å². The lowest BCUT2D eigenvalue weighted by Gasteiger charge is -2.39. The Morgan fingerprint density at radius 3 is 2.67 bits per heavy atom. The lowest BCUT2D eigenvalue weighted by molar-refractivity contribution is -0.179. The molecule has 1 unspecified atom stereocenters. The van der Waals surface area contributed by atoms with Gasteiger partial charge in [0.15, 0.2) is 6.10 Å². The minimum absolute atomic E-state index is 0.191. The second kappa shape index (κ2) is 7.72. The maximum absolute atomic E-state index is 13.4. The number of rotatable bonds is 3. The summed E-state index contributed by atoms with van der Waals surface area (Å²) in [5.41, 5.74) is 3.14. The first-order chi connectivity index (χ1) is 15.8. The Hall–Kier alpha value is -3.68. The van der Waals surface area contributed by atoms with Gasteiger partial charge in [0.1, 0.15) is 23.2 Å². The molecule has 1 saturated heterocycles. The van der Waals surface area contributed by atoms with E-state index in [1.165, 1.54) is 4.90 Å². The van der Waals surface area contributed by atoms with Crippen molar-refractivity contribution in [1.29, 1.82) is 5.26 Å². The van der Waals surface area contributed by atoms with E-state index in [-0.39, 0.29) is 12.8 Å². The van der Waals surface area contributed by atoms with E-state index in [0.29, 0.717) is 54.2 Å². The van der Waals surface area contributed by atoms with Gasteiger partial charge in [-0.1, -0.05) is 0 Å². The lowest BCUT2D eigenvalue weighted by Crippen LogP contribution is -2.53. The van der Waals surface area contributed by atoms with Crippen LogP contribution in [0.5, 0.6) is 0 Å². The van der Waals surface area contributed by atoms with Crippen LogP contribution < -0.4 is 4.90 Å². The van der Waals surface area contributed by atoms with Gasteiger partial charge in [-0.2, -0.15) is 5.26 Å². The summed E-state index contributed by atoms with van der Waals surface area (Å²) >= 11 is 0. The molecule has 4 heterocycles. The summed E-state index contributed by atoms with van der Waals surface area (Å²) in [4.78, 5) is 28.0. The van der Waals surface area contributed by atoms with Gasteiger partial charge < -0.3 is 24.1 Å². The van der Waals surface area contributed by atoms with E-state index in [0.717, 1.165) is 11.5 Å². The zero-order valence-electron chi connectivity index (χ0n) is 18.3. The molecule has 0 aromatic carbocycles. The third-order valence-electron chi connectivity index (χ3n) is 6.48. The minimum Gasteiger partial charge on any atom is -0.440 e. The maximum Gasteiger partial charge on any atom is 0.410 e. The monoisotopic (exact) mass is 455 g/mol. The number of aromatic nitrogens is 4. The Bertz CT molecular complexity index is 1250. The molecule has 0 radical (unpaired) electrons. The zero-order valence-corrected chi connectivity index (χ0v) is 18.3. The molecule has 2 fully saturated rings. The number of alkyl halides is 2. The van der Waals surface area contributed by atoms with Gasteiger partial charge in [-0.05, 0) is 19.4 Å². The Kier molecular flexibility index (Phi) is 4.96. The number of amides is 1. The van der Waals surface area contributed by atoms with Crippen LogP contribution >= 0.6 is 0 Å². The van der Waals surface area contributed by atoms with E-state index in [2.05, 4.69) is 25.9 Å². The number of halogens is 2. The average Bonchev–Trinajstić information content (AvgIpc) is 3.35. The summed E-state index contributed by atoms with van der Waals surface area (Å²) in [5, 5.41) is 10.7. The van der Waals surface area contributed by atoms with Crippen LogP contribution in [-0.2, 0) is 11.8 Å². The Labute approximate surface area is 188 Å². The van der Waals surface area contributed by atoms with Crippen molar-refractivity contribution in [2.24, 2.45) is 7.05 Å². The molecular weight excluding hydrogens is 432 g/mol. The number of nitrogens with zero attached hydrogens (tertiary/aromatic N) is 6. The number of anilines is 1. The van der Waals surface area contributed by atoms with Crippen molar-refractivity contribution in [3.05, 3.63) is 29.8 Å². The number of hydrogen-bond acceptors (Lipinski definition) is 6.